The molecular formula is C9H18N2O3. The van der Waals surface area contributed by atoms with Gasteiger partial charge in [0.05, 0.1) is 12.2 Å². The summed E-state index contributed by atoms with van der Waals surface area (Å²) in [5, 5.41) is 11.6. The average Bonchev–Trinajstić information content (AvgIpc) is 2.62. The first-order chi connectivity index (χ1) is 6.63. The Balaban J connectivity index is 2.25. The van der Waals surface area contributed by atoms with Crippen LogP contribution in [-0.4, -0.2) is 42.4 Å². The van der Waals surface area contributed by atoms with E-state index in [-0.39, 0.29) is 24.7 Å². The van der Waals surface area contributed by atoms with Gasteiger partial charge < -0.3 is 20.9 Å². The molecule has 0 aromatic rings. The molecule has 1 aliphatic heterocycles. The Labute approximate surface area is 83.6 Å². The predicted octanol–water partition coefficient (Wildman–Crippen LogP) is -1.01. The number of carbonyl (C=O) groups is 1. The maximum Gasteiger partial charge on any atom is 0.249 e. The molecule has 1 aliphatic rings. The number of nitrogens with two attached hydrogens (primary N) is 1. The summed E-state index contributed by atoms with van der Waals surface area (Å²) in [6.45, 7) is 2.35. The molecule has 5 heteroatoms. The molecule has 0 saturated carbocycles. The Kier molecular flexibility index (Phi) is 4.31. The molecule has 1 rings (SSSR count). The van der Waals surface area contributed by atoms with Crippen LogP contribution < -0.4 is 11.1 Å². The van der Waals surface area contributed by atoms with Crippen molar-refractivity contribution < 1.29 is 14.6 Å². The van der Waals surface area contributed by atoms with Gasteiger partial charge in [0.1, 0.15) is 6.10 Å². The van der Waals surface area contributed by atoms with Crippen LogP contribution in [0.15, 0.2) is 0 Å². The maximum atomic E-state index is 11.4. The summed E-state index contributed by atoms with van der Waals surface area (Å²) in [5.41, 5.74) is 5.42. The Bertz CT molecular complexity index is 196. The smallest absolute Gasteiger partial charge is 0.249 e. The van der Waals surface area contributed by atoms with Crippen molar-refractivity contribution in [2.75, 3.05) is 13.1 Å². The molecule has 0 aliphatic carbocycles. The molecule has 1 heterocycles. The van der Waals surface area contributed by atoms with Gasteiger partial charge in [-0.15, -0.1) is 0 Å². The SMILES string of the molecule is C[C@@H](O)CNC(=O)C1CCC(CN)O1. The molecule has 4 N–H and O–H groups in total. The van der Waals surface area contributed by atoms with Crippen molar-refractivity contribution in [1.29, 1.82) is 0 Å². The monoisotopic (exact) mass is 202 g/mol. The van der Waals surface area contributed by atoms with Crippen LogP contribution in [0.25, 0.3) is 0 Å². The van der Waals surface area contributed by atoms with E-state index in [9.17, 15) is 4.79 Å². The fourth-order valence-corrected chi connectivity index (χ4v) is 1.43. The van der Waals surface area contributed by atoms with Crippen molar-refractivity contribution in [2.45, 2.75) is 38.1 Å². The first kappa shape index (κ1) is 11.4. The maximum absolute atomic E-state index is 11.4. The summed E-state index contributed by atoms with van der Waals surface area (Å²) in [6.07, 6.45) is 0.654. The van der Waals surface area contributed by atoms with E-state index < -0.39 is 6.10 Å². The molecule has 0 spiro atoms. The van der Waals surface area contributed by atoms with Gasteiger partial charge in [-0.05, 0) is 19.8 Å². The van der Waals surface area contributed by atoms with Gasteiger partial charge in [0.15, 0.2) is 0 Å². The van der Waals surface area contributed by atoms with Crippen LogP contribution in [0.3, 0.4) is 0 Å². The fraction of sp³-hybridized carbons (Fsp3) is 0.889. The summed E-state index contributed by atoms with van der Waals surface area (Å²) >= 11 is 0. The molecule has 1 saturated heterocycles. The highest BCUT2D eigenvalue weighted by atomic mass is 16.5. The Morgan fingerprint density at radius 3 is 2.93 bits per heavy atom. The largest absolute Gasteiger partial charge is 0.392 e. The molecule has 14 heavy (non-hydrogen) atoms. The van der Waals surface area contributed by atoms with Crippen molar-refractivity contribution >= 4 is 5.91 Å². The van der Waals surface area contributed by atoms with Gasteiger partial charge in [0, 0.05) is 13.1 Å². The van der Waals surface area contributed by atoms with E-state index in [0.29, 0.717) is 13.0 Å². The number of ether oxygens (including phenoxy) is 1. The second kappa shape index (κ2) is 5.29. The lowest BCUT2D eigenvalue weighted by Crippen LogP contribution is -2.38. The quantitative estimate of drug-likeness (QED) is 0.545. The van der Waals surface area contributed by atoms with Crippen LogP contribution in [0.4, 0.5) is 0 Å². The molecule has 0 bridgehead atoms. The van der Waals surface area contributed by atoms with E-state index in [1.807, 2.05) is 0 Å². The van der Waals surface area contributed by atoms with Gasteiger partial charge in [-0.3, -0.25) is 4.79 Å². The molecule has 82 valence electrons. The van der Waals surface area contributed by atoms with E-state index >= 15 is 0 Å². The third-order valence-electron chi connectivity index (χ3n) is 2.23. The van der Waals surface area contributed by atoms with Crippen LogP contribution in [0, 0.1) is 0 Å². The van der Waals surface area contributed by atoms with Crippen LogP contribution in [-0.2, 0) is 9.53 Å². The van der Waals surface area contributed by atoms with Crippen LogP contribution in [0.1, 0.15) is 19.8 Å². The minimum Gasteiger partial charge on any atom is -0.392 e. The fourth-order valence-electron chi connectivity index (χ4n) is 1.43. The van der Waals surface area contributed by atoms with Crippen LogP contribution >= 0.6 is 0 Å². The molecule has 1 amide bonds. The van der Waals surface area contributed by atoms with Crippen LogP contribution in [0.5, 0.6) is 0 Å². The standard InChI is InChI=1S/C9H18N2O3/c1-6(12)5-11-9(13)8-3-2-7(4-10)14-8/h6-8,12H,2-5,10H2,1H3,(H,11,13)/t6-,7?,8?/m1/s1. The third-order valence-corrected chi connectivity index (χ3v) is 2.23. The van der Waals surface area contributed by atoms with E-state index in [1.54, 1.807) is 6.92 Å². The highest BCUT2D eigenvalue weighted by Gasteiger charge is 2.29. The predicted molar refractivity (Wildman–Crippen MR) is 51.6 cm³/mol. The zero-order valence-corrected chi connectivity index (χ0v) is 8.40. The van der Waals surface area contributed by atoms with Crippen molar-refractivity contribution in [2.24, 2.45) is 5.73 Å². The molecule has 5 nitrogen and oxygen atoms in total. The van der Waals surface area contributed by atoms with E-state index in [0.717, 1.165) is 6.42 Å². The Morgan fingerprint density at radius 2 is 2.43 bits per heavy atom. The summed E-state index contributed by atoms with van der Waals surface area (Å²) in [4.78, 5) is 11.4. The molecule has 1 fully saturated rings. The lowest BCUT2D eigenvalue weighted by atomic mass is 10.2. The summed E-state index contributed by atoms with van der Waals surface area (Å²) in [5.74, 6) is -0.151. The highest BCUT2D eigenvalue weighted by Crippen LogP contribution is 2.18. The number of nitrogens with one attached hydrogen (secondary N) is 1. The van der Waals surface area contributed by atoms with Gasteiger partial charge in [-0.1, -0.05) is 0 Å². The van der Waals surface area contributed by atoms with E-state index in [2.05, 4.69) is 5.32 Å². The Morgan fingerprint density at radius 1 is 1.71 bits per heavy atom. The lowest BCUT2D eigenvalue weighted by Gasteiger charge is -2.13. The zero-order valence-electron chi connectivity index (χ0n) is 8.40. The first-order valence-electron chi connectivity index (χ1n) is 4.94. The summed E-state index contributed by atoms with van der Waals surface area (Å²) in [6, 6.07) is 0. The molecule has 0 aromatic heterocycles. The van der Waals surface area contributed by atoms with Gasteiger partial charge in [-0.25, -0.2) is 0 Å². The zero-order chi connectivity index (χ0) is 10.6. The van der Waals surface area contributed by atoms with Gasteiger partial charge >= 0.3 is 0 Å². The van der Waals surface area contributed by atoms with E-state index in [1.165, 1.54) is 0 Å². The first-order valence-corrected chi connectivity index (χ1v) is 4.94. The lowest BCUT2D eigenvalue weighted by molar-refractivity contribution is -0.132. The van der Waals surface area contributed by atoms with Crippen molar-refractivity contribution in [3.8, 4) is 0 Å². The van der Waals surface area contributed by atoms with Gasteiger partial charge in [0.2, 0.25) is 5.91 Å². The minimum absolute atomic E-state index is 0.0114. The van der Waals surface area contributed by atoms with Crippen molar-refractivity contribution in [3.63, 3.8) is 0 Å². The van der Waals surface area contributed by atoms with Crippen LogP contribution in [0.2, 0.25) is 0 Å². The molecule has 3 atom stereocenters. The Hall–Kier alpha value is -0.650. The van der Waals surface area contributed by atoms with Gasteiger partial charge in [0.25, 0.3) is 0 Å². The second-order valence-corrected chi connectivity index (χ2v) is 3.65. The molecule has 2 unspecified atom stereocenters. The number of amides is 1. The van der Waals surface area contributed by atoms with Crippen molar-refractivity contribution in [3.05, 3.63) is 0 Å². The molecule has 0 aromatic carbocycles. The second-order valence-electron chi connectivity index (χ2n) is 3.65. The topological polar surface area (TPSA) is 84.6 Å². The average molecular weight is 202 g/mol. The normalized spacial score (nSPS) is 28.8. The van der Waals surface area contributed by atoms with Crippen molar-refractivity contribution in [1.82, 2.24) is 5.32 Å². The third kappa shape index (κ3) is 3.25. The van der Waals surface area contributed by atoms with E-state index in [4.69, 9.17) is 15.6 Å². The highest BCUT2D eigenvalue weighted by molar-refractivity contribution is 5.81. The molecular weight excluding hydrogens is 184 g/mol. The molecule has 0 radical (unpaired) electrons. The number of carbonyl (C=O) groups excluding carboxylic acids is 1. The summed E-state index contributed by atoms with van der Waals surface area (Å²) < 4.78 is 5.39. The number of hydrogen-bond acceptors (Lipinski definition) is 4. The number of hydrogen-bond donors (Lipinski definition) is 3. The number of rotatable bonds is 4. The number of aliphatic hydroxyl groups is 1. The minimum atomic E-state index is -0.523. The van der Waals surface area contributed by atoms with Gasteiger partial charge in [-0.2, -0.15) is 0 Å². The number of aliphatic hydroxyl groups excluding tert-OH is 1. The summed E-state index contributed by atoms with van der Waals surface area (Å²) in [7, 11) is 0.